The van der Waals surface area contributed by atoms with E-state index < -0.39 is 17.8 Å². The first kappa shape index (κ1) is 13.3. The first-order valence-corrected chi connectivity index (χ1v) is 5.98. The van der Waals surface area contributed by atoms with E-state index in [4.69, 9.17) is 9.84 Å². The molecule has 0 spiro atoms. The average molecular weight is 267 g/mol. The molecule has 1 fully saturated rings. The molecule has 19 heavy (non-hydrogen) atoms. The van der Waals surface area contributed by atoms with Gasteiger partial charge in [-0.3, -0.25) is 4.79 Å². The lowest BCUT2D eigenvalue weighted by atomic mass is 10.2. The van der Waals surface area contributed by atoms with E-state index >= 15 is 0 Å². The van der Waals surface area contributed by atoms with Crippen molar-refractivity contribution < 1.29 is 23.8 Å². The summed E-state index contributed by atoms with van der Waals surface area (Å²) < 4.78 is 18.2. The van der Waals surface area contributed by atoms with E-state index in [0.29, 0.717) is 12.2 Å². The Hall–Kier alpha value is -2.11. The highest BCUT2D eigenvalue weighted by Crippen LogP contribution is 2.19. The second-order valence-electron chi connectivity index (χ2n) is 4.29. The summed E-state index contributed by atoms with van der Waals surface area (Å²) in [6, 6.07) is 4.89. The highest BCUT2D eigenvalue weighted by atomic mass is 19.1. The standard InChI is InChI=1S/C13H14FNO4/c14-9-2-1-3-10(8-9)19-7-6-15-11(13(17)18)4-5-12(15)16/h1-3,8,11H,4-7H2,(H,17,18). The summed E-state index contributed by atoms with van der Waals surface area (Å²) in [4.78, 5) is 23.8. The number of amides is 1. The van der Waals surface area contributed by atoms with E-state index in [9.17, 15) is 14.0 Å². The van der Waals surface area contributed by atoms with Crippen LogP contribution >= 0.6 is 0 Å². The molecular weight excluding hydrogens is 253 g/mol. The molecule has 1 unspecified atom stereocenters. The van der Waals surface area contributed by atoms with Crippen LogP contribution in [0.5, 0.6) is 5.75 Å². The number of carbonyl (C=O) groups is 2. The summed E-state index contributed by atoms with van der Waals surface area (Å²) in [5.41, 5.74) is 0. The zero-order valence-corrected chi connectivity index (χ0v) is 10.2. The molecule has 1 aliphatic heterocycles. The lowest BCUT2D eigenvalue weighted by molar-refractivity contribution is -0.146. The Kier molecular flexibility index (Phi) is 3.99. The van der Waals surface area contributed by atoms with Crippen LogP contribution in [0.25, 0.3) is 0 Å². The normalized spacial score (nSPS) is 18.7. The molecule has 1 aliphatic rings. The predicted octanol–water partition coefficient (Wildman–Crippen LogP) is 1.28. The number of hydrogen-bond donors (Lipinski definition) is 1. The van der Waals surface area contributed by atoms with Crippen molar-refractivity contribution in [2.75, 3.05) is 13.2 Å². The van der Waals surface area contributed by atoms with Crippen LogP contribution in [-0.2, 0) is 9.59 Å². The summed E-state index contributed by atoms with van der Waals surface area (Å²) >= 11 is 0. The van der Waals surface area contributed by atoms with E-state index in [1.165, 1.54) is 23.1 Å². The minimum Gasteiger partial charge on any atom is -0.492 e. The van der Waals surface area contributed by atoms with Gasteiger partial charge in [-0.1, -0.05) is 6.07 Å². The highest BCUT2D eigenvalue weighted by molar-refractivity contribution is 5.87. The third-order valence-corrected chi connectivity index (χ3v) is 3.01. The van der Waals surface area contributed by atoms with Crippen molar-refractivity contribution in [2.45, 2.75) is 18.9 Å². The average Bonchev–Trinajstić information content (AvgIpc) is 2.71. The molecule has 1 saturated heterocycles. The minimum absolute atomic E-state index is 0.138. The van der Waals surface area contributed by atoms with Gasteiger partial charge >= 0.3 is 5.97 Å². The van der Waals surface area contributed by atoms with Crippen molar-refractivity contribution in [3.05, 3.63) is 30.1 Å². The van der Waals surface area contributed by atoms with Gasteiger partial charge in [0.05, 0.1) is 6.54 Å². The Labute approximate surface area is 109 Å². The Bertz CT molecular complexity index is 491. The molecule has 1 amide bonds. The number of likely N-dealkylation sites (tertiary alicyclic amines) is 1. The number of nitrogens with zero attached hydrogens (tertiary/aromatic N) is 1. The van der Waals surface area contributed by atoms with Crippen molar-refractivity contribution >= 4 is 11.9 Å². The molecule has 1 aromatic rings. The molecule has 1 atom stereocenters. The van der Waals surface area contributed by atoms with Gasteiger partial charge in [0.25, 0.3) is 0 Å². The van der Waals surface area contributed by atoms with Crippen LogP contribution in [0.3, 0.4) is 0 Å². The molecule has 5 nitrogen and oxygen atoms in total. The Morgan fingerprint density at radius 2 is 2.32 bits per heavy atom. The predicted molar refractivity (Wildman–Crippen MR) is 64.3 cm³/mol. The number of carboxylic acid groups (broad SMARTS) is 1. The Morgan fingerprint density at radius 3 is 3.00 bits per heavy atom. The first-order chi connectivity index (χ1) is 9.08. The van der Waals surface area contributed by atoms with E-state index in [2.05, 4.69) is 0 Å². The van der Waals surface area contributed by atoms with Gasteiger partial charge in [0, 0.05) is 12.5 Å². The highest BCUT2D eigenvalue weighted by Gasteiger charge is 2.35. The molecule has 2 rings (SSSR count). The fourth-order valence-electron chi connectivity index (χ4n) is 2.09. The smallest absolute Gasteiger partial charge is 0.326 e. The number of carboxylic acids is 1. The fourth-order valence-corrected chi connectivity index (χ4v) is 2.09. The van der Waals surface area contributed by atoms with Crippen molar-refractivity contribution in [1.29, 1.82) is 0 Å². The van der Waals surface area contributed by atoms with E-state index in [1.54, 1.807) is 6.07 Å². The molecule has 0 radical (unpaired) electrons. The van der Waals surface area contributed by atoms with Gasteiger partial charge in [0.1, 0.15) is 24.2 Å². The maximum Gasteiger partial charge on any atom is 0.326 e. The molecule has 102 valence electrons. The number of ether oxygens (including phenoxy) is 1. The third kappa shape index (κ3) is 3.21. The maximum atomic E-state index is 12.9. The monoisotopic (exact) mass is 267 g/mol. The Morgan fingerprint density at radius 1 is 1.53 bits per heavy atom. The Balaban J connectivity index is 1.88. The molecule has 1 N–H and O–H groups in total. The number of benzene rings is 1. The van der Waals surface area contributed by atoms with Crippen LogP contribution in [0.4, 0.5) is 4.39 Å². The number of aliphatic carboxylic acids is 1. The van der Waals surface area contributed by atoms with E-state index in [0.717, 1.165) is 0 Å². The summed E-state index contributed by atoms with van der Waals surface area (Å²) in [5, 5.41) is 8.97. The van der Waals surface area contributed by atoms with Crippen LogP contribution in [0, 0.1) is 5.82 Å². The van der Waals surface area contributed by atoms with Crippen LogP contribution in [0.15, 0.2) is 24.3 Å². The van der Waals surface area contributed by atoms with Gasteiger partial charge in [-0.2, -0.15) is 0 Å². The van der Waals surface area contributed by atoms with Gasteiger partial charge in [-0.05, 0) is 18.6 Å². The van der Waals surface area contributed by atoms with Gasteiger partial charge < -0.3 is 14.7 Å². The fraction of sp³-hybridized carbons (Fsp3) is 0.385. The van der Waals surface area contributed by atoms with E-state index in [1.807, 2.05) is 0 Å². The van der Waals surface area contributed by atoms with Crippen molar-refractivity contribution in [3.8, 4) is 5.75 Å². The lowest BCUT2D eigenvalue weighted by Crippen LogP contribution is -2.40. The number of hydrogen-bond acceptors (Lipinski definition) is 3. The van der Waals surface area contributed by atoms with Gasteiger partial charge in [0.2, 0.25) is 5.91 Å². The van der Waals surface area contributed by atoms with Crippen molar-refractivity contribution in [2.24, 2.45) is 0 Å². The molecule has 0 aromatic heterocycles. The lowest BCUT2D eigenvalue weighted by Gasteiger charge is -2.21. The quantitative estimate of drug-likeness (QED) is 0.872. The summed E-state index contributed by atoms with van der Waals surface area (Å²) in [7, 11) is 0. The second-order valence-corrected chi connectivity index (χ2v) is 4.29. The van der Waals surface area contributed by atoms with Crippen LogP contribution in [-0.4, -0.2) is 41.1 Å². The topological polar surface area (TPSA) is 66.8 Å². The van der Waals surface area contributed by atoms with Gasteiger partial charge in [0.15, 0.2) is 0 Å². The number of rotatable bonds is 5. The van der Waals surface area contributed by atoms with Gasteiger partial charge in [-0.25, -0.2) is 9.18 Å². The molecule has 0 bridgehead atoms. The number of carbonyl (C=O) groups excluding carboxylic acids is 1. The minimum atomic E-state index is -1.00. The molecule has 0 aliphatic carbocycles. The largest absolute Gasteiger partial charge is 0.492 e. The second kappa shape index (κ2) is 5.69. The van der Waals surface area contributed by atoms with Crippen LogP contribution in [0.2, 0.25) is 0 Å². The van der Waals surface area contributed by atoms with Crippen LogP contribution < -0.4 is 4.74 Å². The summed E-state index contributed by atoms with van der Waals surface area (Å²) in [6.45, 7) is 0.325. The van der Waals surface area contributed by atoms with Crippen molar-refractivity contribution in [1.82, 2.24) is 4.90 Å². The molecular formula is C13H14FNO4. The van der Waals surface area contributed by atoms with E-state index in [-0.39, 0.29) is 25.5 Å². The van der Waals surface area contributed by atoms with Crippen molar-refractivity contribution in [3.63, 3.8) is 0 Å². The molecule has 6 heteroatoms. The maximum absolute atomic E-state index is 12.9. The molecule has 0 saturated carbocycles. The zero-order chi connectivity index (χ0) is 13.8. The van der Waals surface area contributed by atoms with Gasteiger partial charge in [-0.15, -0.1) is 0 Å². The van der Waals surface area contributed by atoms with Crippen LogP contribution in [0.1, 0.15) is 12.8 Å². The summed E-state index contributed by atoms with van der Waals surface area (Å²) in [6.07, 6.45) is 0.574. The summed E-state index contributed by atoms with van der Waals surface area (Å²) in [5.74, 6) is -1.23. The molecule has 1 aromatic carbocycles. The first-order valence-electron chi connectivity index (χ1n) is 5.98. The SMILES string of the molecule is O=C(O)C1CCC(=O)N1CCOc1cccc(F)c1. The zero-order valence-electron chi connectivity index (χ0n) is 10.2. The molecule has 1 heterocycles. The third-order valence-electron chi connectivity index (χ3n) is 3.01. The number of halogens is 1.